The molecule has 0 aliphatic rings. The molecule has 10 heavy (non-hydrogen) atoms. The summed E-state index contributed by atoms with van der Waals surface area (Å²) in [6.45, 7) is -0.362. The van der Waals surface area contributed by atoms with Gasteiger partial charge in [0.25, 0.3) is 0 Å². The number of terminal acetylenes is 1. The summed E-state index contributed by atoms with van der Waals surface area (Å²) in [5.41, 5.74) is 0. The number of rotatable bonds is 4. The molecule has 0 aromatic heterocycles. The smallest absolute Gasteiger partial charge is 0.397 e. The molecule has 0 atom stereocenters. The predicted octanol–water partition coefficient (Wildman–Crippen LogP) is -0.587. The zero-order valence-corrected chi connectivity index (χ0v) is 5.80. The molecule has 0 rings (SSSR count). The van der Waals surface area contributed by atoms with Gasteiger partial charge in [-0.15, -0.1) is 0 Å². The Balaban J connectivity index is 3.32. The predicted molar refractivity (Wildman–Crippen MR) is 32.3 cm³/mol. The van der Waals surface area contributed by atoms with E-state index in [0.717, 1.165) is 0 Å². The zero-order chi connectivity index (χ0) is 8.04. The fraction of sp³-hybridized carbons (Fsp3) is 0.500. The summed E-state index contributed by atoms with van der Waals surface area (Å²) >= 11 is 0. The van der Waals surface area contributed by atoms with E-state index in [1.54, 1.807) is 6.11 Å². The van der Waals surface area contributed by atoms with E-state index < -0.39 is 10.4 Å². The third-order valence-corrected chi connectivity index (χ3v) is 0.966. The standard InChI is InChI=1S/C4H6O5S/c1-2-8-3-4-9-10(5,6)7/h1H,3-4H2,(H,5,6,7). The van der Waals surface area contributed by atoms with Crippen LogP contribution in [0.5, 0.6) is 0 Å². The van der Waals surface area contributed by atoms with E-state index in [0.29, 0.717) is 0 Å². The molecule has 6 heteroatoms. The van der Waals surface area contributed by atoms with E-state index in [4.69, 9.17) is 4.55 Å². The van der Waals surface area contributed by atoms with E-state index in [-0.39, 0.29) is 13.2 Å². The van der Waals surface area contributed by atoms with Crippen LogP contribution >= 0.6 is 0 Å². The lowest BCUT2D eigenvalue weighted by Crippen LogP contribution is -2.08. The molecule has 58 valence electrons. The summed E-state index contributed by atoms with van der Waals surface area (Å²) in [5.74, 6) is 0. The molecule has 0 saturated heterocycles. The molecular formula is C4H6O5S. The average molecular weight is 166 g/mol. The highest BCUT2D eigenvalue weighted by Crippen LogP contribution is 1.84. The van der Waals surface area contributed by atoms with Crippen molar-refractivity contribution in [2.75, 3.05) is 13.2 Å². The molecule has 0 heterocycles. The van der Waals surface area contributed by atoms with E-state index >= 15 is 0 Å². The molecule has 0 unspecified atom stereocenters. The summed E-state index contributed by atoms with van der Waals surface area (Å²) in [6, 6.07) is 0. The number of hydrogen-bond acceptors (Lipinski definition) is 4. The van der Waals surface area contributed by atoms with Crippen molar-refractivity contribution in [1.82, 2.24) is 0 Å². The third kappa shape index (κ3) is 7.23. The monoisotopic (exact) mass is 166 g/mol. The first-order valence-corrected chi connectivity index (χ1v) is 3.62. The second-order valence-corrected chi connectivity index (χ2v) is 2.31. The molecule has 1 N–H and O–H groups in total. The first-order valence-electron chi connectivity index (χ1n) is 2.25. The molecule has 0 aliphatic heterocycles. The maximum absolute atomic E-state index is 9.82. The van der Waals surface area contributed by atoms with Crippen molar-refractivity contribution in [2.45, 2.75) is 0 Å². The van der Waals surface area contributed by atoms with Gasteiger partial charge in [-0.3, -0.25) is 4.55 Å². The van der Waals surface area contributed by atoms with Crippen molar-refractivity contribution in [3.8, 4) is 12.5 Å². The first-order chi connectivity index (χ1) is 4.56. The summed E-state index contributed by atoms with van der Waals surface area (Å²) in [7, 11) is -4.35. The molecule has 0 fully saturated rings. The zero-order valence-electron chi connectivity index (χ0n) is 4.98. The van der Waals surface area contributed by atoms with Crippen molar-refractivity contribution < 1.29 is 21.9 Å². The summed E-state index contributed by atoms with van der Waals surface area (Å²) < 4.78 is 35.7. The van der Waals surface area contributed by atoms with Gasteiger partial charge < -0.3 is 4.74 Å². The molecular weight excluding hydrogens is 160 g/mol. The van der Waals surface area contributed by atoms with Crippen LogP contribution in [0.3, 0.4) is 0 Å². The van der Waals surface area contributed by atoms with Gasteiger partial charge in [0.1, 0.15) is 19.3 Å². The summed E-state index contributed by atoms with van der Waals surface area (Å²) in [5, 5.41) is 0. The maximum Gasteiger partial charge on any atom is 0.397 e. The van der Waals surface area contributed by atoms with Gasteiger partial charge in [-0.1, -0.05) is 6.42 Å². The van der Waals surface area contributed by atoms with Crippen molar-refractivity contribution >= 4 is 10.4 Å². The van der Waals surface area contributed by atoms with Gasteiger partial charge in [-0.05, 0) is 0 Å². The maximum atomic E-state index is 9.82. The van der Waals surface area contributed by atoms with Crippen LogP contribution in [0.15, 0.2) is 0 Å². The average Bonchev–Trinajstić information content (AvgIpc) is 1.78. The normalized spacial score (nSPS) is 10.4. The van der Waals surface area contributed by atoms with Crippen molar-refractivity contribution in [1.29, 1.82) is 0 Å². The van der Waals surface area contributed by atoms with Crippen LogP contribution in [-0.4, -0.2) is 26.2 Å². The summed E-state index contributed by atoms with van der Waals surface area (Å²) in [6.07, 6.45) is 6.44. The van der Waals surface area contributed by atoms with Crippen LogP contribution in [0.1, 0.15) is 0 Å². The van der Waals surface area contributed by atoms with Crippen LogP contribution in [0.25, 0.3) is 0 Å². The lowest BCUT2D eigenvalue weighted by atomic mass is 10.8. The van der Waals surface area contributed by atoms with E-state index in [9.17, 15) is 8.42 Å². The number of ether oxygens (including phenoxy) is 1. The lowest BCUT2D eigenvalue weighted by molar-refractivity contribution is 0.183. The molecule has 0 aromatic rings. The highest BCUT2D eigenvalue weighted by Gasteiger charge is 2.01. The van der Waals surface area contributed by atoms with Gasteiger partial charge in [-0.25, -0.2) is 4.18 Å². The Kier molecular flexibility index (Phi) is 3.79. The third-order valence-electron chi connectivity index (χ3n) is 0.501. The van der Waals surface area contributed by atoms with Crippen LogP contribution < -0.4 is 0 Å². The van der Waals surface area contributed by atoms with Crippen molar-refractivity contribution in [3.05, 3.63) is 0 Å². The Labute approximate surface area is 58.9 Å². The van der Waals surface area contributed by atoms with Crippen LogP contribution in [0.4, 0.5) is 0 Å². The minimum Gasteiger partial charge on any atom is -0.444 e. The molecule has 0 aromatic carbocycles. The minimum absolute atomic E-state index is 0.0731. The van der Waals surface area contributed by atoms with Gasteiger partial charge >= 0.3 is 10.4 Å². The quantitative estimate of drug-likeness (QED) is 0.343. The largest absolute Gasteiger partial charge is 0.444 e. The second kappa shape index (κ2) is 4.11. The van der Waals surface area contributed by atoms with Crippen LogP contribution in [0.2, 0.25) is 0 Å². The Hall–Kier alpha value is -0.770. The van der Waals surface area contributed by atoms with Gasteiger partial charge in [0, 0.05) is 0 Å². The summed E-state index contributed by atoms with van der Waals surface area (Å²) in [4.78, 5) is 0. The Morgan fingerprint density at radius 1 is 1.50 bits per heavy atom. The molecule has 0 spiro atoms. The first kappa shape index (κ1) is 9.23. The van der Waals surface area contributed by atoms with Gasteiger partial charge in [0.15, 0.2) is 0 Å². The molecule has 0 amide bonds. The molecule has 0 radical (unpaired) electrons. The highest BCUT2D eigenvalue weighted by molar-refractivity contribution is 7.80. The Bertz CT molecular complexity index is 210. The van der Waals surface area contributed by atoms with Gasteiger partial charge in [0.05, 0.1) is 0 Å². The Morgan fingerprint density at radius 3 is 2.50 bits per heavy atom. The van der Waals surface area contributed by atoms with Crippen LogP contribution in [-0.2, 0) is 19.3 Å². The van der Waals surface area contributed by atoms with Gasteiger partial charge in [-0.2, -0.15) is 8.42 Å². The lowest BCUT2D eigenvalue weighted by Gasteiger charge is -1.96. The van der Waals surface area contributed by atoms with Crippen molar-refractivity contribution in [3.63, 3.8) is 0 Å². The van der Waals surface area contributed by atoms with E-state index in [1.165, 1.54) is 0 Å². The second-order valence-electron chi connectivity index (χ2n) is 1.22. The molecule has 5 nitrogen and oxygen atoms in total. The molecule has 0 bridgehead atoms. The highest BCUT2D eigenvalue weighted by atomic mass is 32.3. The SMILES string of the molecule is C#COCCOS(=O)(=O)O. The van der Waals surface area contributed by atoms with Crippen molar-refractivity contribution in [2.24, 2.45) is 0 Å². The topological polar surface area (TPSA) is 72.8 Å². The molecule has 0 aliphatic carbocycles. The molecule has 0 saturated carbocycles. The van der Waals surface area contributed by atoms with Gasteiger partial charge in [0.2, 0.25) is 0 Å². The van der Waals surface area contributed by atoms with E-state index in [2.05, 4.69) is 15.3 Å². The number of hydrogen-bond donors (Lipinski definition) is 1. The minimum atomic E-state index is -4.35. The fourth-order valence-corrected chi connectivity index (χ4v) is 0.519. The Morgan fingerprint density at radius 2 is 2.10 bits per heavy atom. The fourth-order valence-electron chi connectivity index (χ4n) is 0.240. The van der Waals surface area contributed by atoms with E-state index in [1.807, 2.05) is 0 Å². The van der Waals surface area contributed by atoms with Crippen LogP contribution in [0, 0.1) is 12.5 Å².